The highest BCUT2D eigenvalue weighted by molar-refractivity contribution is 7.09. The van der Waals surface area contributed by atoms with Crippen LogP contribution in [0, 0.1) is 6.92 Å². The van der Waals surface area contributed by atoms with Crippen LogP contribution in [0.2, 0.25) is 0 Å². The lowest BCUT2D eigenvalue weighted by atomic mass is 10.2. The maximum absolute atomic E-state index is 5.08. The van der Waals surface area contributed by atoms with Gasteiger partial charge in [0.05, 0.1) is 18.3 Å². The van der Waals surface area contributed by atoms with Crippen LogP contribution in [0.3, 0.4) is 0 Å². The zero-order valence-electron chi connectivity index (χ0n) is 9.93. The van der Waals surface area contributed by atoms with Gasteiger partial charge in [-0.15, -0.1) is 11.3 Å². The zero-order chi connectivity index (χ0) is 12.1. The van der Waals surface area contributed by atoms with E-state index in [-0.39, 0.29) is 0 Å². The van der Waals surface area contributed by atoms with Crippen molar-refractivity contribution in [3.8, 4) is 5.88 Å². The highest BCUT2D eigenvalue weighted by atomic mass is 32.1. The van der Waals surface area contributed by atoms with Crippen molar-refractivity contribution >= 4 is 11.3 Å². The summed E-state index contributed by atoms with van der Waals surface area (Å²) in [6, 6.07) is 3.92. The molecule has 0 spiro atoms. The van der Waals surface area contributed by atoms with Gasteiger partial charge in [-0.2, -0.15) is 0 Å². The summed E-state index contributed by atoms with van der Waals surface area (Å²) in [7, 11) is 1.63. The topological polar surface area (TPSA) is 47.0 Å². The van der Waals surface area contributed by atoms with Crippen LogP contribution in [0.5, 0.6) is 5.88 Å². The maximum Gasteiger partial charge on any atom is 0.213 e. The fraction of sp³-hybridized carbons (Fsp3) is 0.333. The standard InChI is InChI=1S/C12H15N3OS/c1-9-11(17-8-15-9)7-13-6-10-3-4-14-12(5-10)16-2/h3-5,8,13H,6-7H2,1-2H3. The van der Waals surface area contributed by atoms with Gasteiger partial charge in [0.25, 0.3) is 0 Å². The fourth-order valence-corrected chi connectivity index (χ4v) is 2.24. The molecule has 0 saturated carbocycles. The van der Waals surface area contributed by atoms with Gasteiger partial charge in [0, 0.05) is 30.2 Å². The van der Waals surface area contributed by atoms with E-state index in [2.05, 4.69) is 15.3 Å². The number of methoxy groups -OCH3 is 1. The van der Waals surface area contributed by atoms with Crippen molar-refractivity contribution in [2.24, 2.45) is 0 Å². The van der Waals surface area contributed by atoms with Gasteiger partial charge in [0.15, 0.2) is 0 Å². The van der Waals surface area contributed by atoms with Crippen LogP contribution >= 0.6 is 11.3 Å². The largest absolute Gasteiger partial charge is 0.481 e. The van der Waals surface area contributed by atoms with Gasteiger partial charge >= 0.3 is 0 Å². The normalized spacial score (nSPS) is 10.5. The molecule has 0 aromatic carbocycles. The van der Waals surface area contributed by atoms with Gasteiger partial charge < -0.3 is 10.1 Å². The van der Waals surface area contributed by atoms with Crippen molar-refractivity contribution in [2.75, 3.05) is 7.11 Å². The van der Waals surface area contributed by atoms with Gasteiger partial charge in [-0.1, -0.05) is 0 Å². The van der Waals surface area contributed by atoms with E-state index in [1.807, 2.05) is 24.6 Å². The van der Waals surface area contributed by atoms with Crippen LogP contribution in [-0.4, -0.2) is 17.1 Å². The molecule has 0 saturated heterocycles. The molecule has 0 amide bonds. The number of hydrogen-bond acceptors (Lipinski definition) is 5. The number of pyridine rings is 1. The Balaban J connectivity index is 1.87. The van der Waals surface area contributed by atoms with E-state index in [0.717, 1.165) is 18.8 Å². The fourth-order valence-electron chi connectivity index (χ4n) is 1.49. The van der Waals surface area contributed by atoms with Crippen molar-refractivity contribution in [1.82, 2.24) is 15.3 Å². The summed E-state index contributed by atoms with van der Waals surface area (Å²) in [5.41, 5.74) is 4.15. The molecule has 0 radical (unpaired) electrons. The summed E-state index contributed by atoms with van der Waals surface area (Å²) in [5.74, 6) is 0.651. The molecule has 0 bridgehead atoms. The van der Waals surface area contributed by atoms with Crippen molar-refractivity contribution < 1.29 is 4.74 Å². The molecule has 5 heteroatoms. The molecule has 2 rings (SSSR count). The Hall–Kier alpha value is -1.46. The summed E-state index contributed by atoms with van der Waals surface area (Å²) < 4.78 is 5.08. The van der Waals surface area contributed by atoms with Crippen LogP contribution in [0.4, 0.5) is 0 Å². The maximum atomic E-state index is 5.08. The number of thiazole rings is 1. The Labute approximate surface area is 105 Å². The molecule has 2 heterocycles. The molecule has 90 valence electrons. The van der Waals surface area contributed by atoms with Gasteiger partial charge in [0.1, 0.15) is 0 Å². The summed E-state index contributed by atoms with van der Waals surface area (Å²) in [4.78, 5) is 9.57. The zero-order valence-corrected chi connectivity index (χ0v) is 10.8. The van der Waals surface area contributed by atoms with E-state index in [1.54, 1.807) is 24.6 Å². The highest BCUT2D eigenvalue weighted by Crippen LogP contribution is 2.12. The number of hydrogen-bond donors (Lipinski definition) is 1. The number of rotatable bonds is 5. The molecule has 0 aliphatic carbocycles. The van der Waals surface area contributed by atoms with Gasteiger partial charge in [0.2, 0.25) is 5.88 Å². The van der Waals surface area contributed by atoms with E-state index in [4.69, 9.17) is 4.74 Å². The Kier molecular flexibility index (Phi) is 4.06. The first-order valence-corrected chi connectivity index (χ1v) is 6.26. The molecule has 0 atom stereocenters. The molecule has 1 N–H and O–H groups in total. The number of aryl methyl sites for hydroxylation is 1. The lowest BCUT2D eigenvalue weighted by molar-refractivity contribution is 0.397. The molecule has 2 aromatic heterocycles. The van der Waals surface area contributed by atoms with Crippen LogP contribution in [0.25, 0.3) is 0 Å². The molecule has 0 unspecified atom stereocenters. The minimum atomic E-state index is 0.651. The summed E-state index contributed by atoms with van der Waals surface area (Å²) in [5, 5.41) is 3.38. The van der Waals surface area contributed by atoms with Gasteiger partial charge in [-0.25, -0.2) is 9.97 Å². The van der Waals surface area contributed by atoms with E-state index < -0.39 is 0 Å². The summed E-state index contributed by atoms with van der Waals surface area (Å²) in [6.07, 6.45) is 1.76. The predicted octanol–water partition coefficient (Wildman–Crippen LogP) is 2.14. The van der Waals surface area contributed by atoms with Crippen molar-refractivity contribution in [1.29, 1.82) is 0 Å². The number of ether oxygens (including phenoxy) is 1. The van der Waals surface area contributed by atoms with Crippen LogP contribution in [-0.2, 0) is 13.1 Å². The van der Waals surface area contributed by atoms with E-state index in [0.29, 0.717) is 5.88 Å². The Morgan fingerprint density at radius 2 is 2.24 bits per heavy atom. The quantitative estimate of drug-likeness (QED) is 0.882. The molecule has 0 aliphatic heterocycles. The second kappa shape index (κ2) is 5.75. The average molecular weight is 249 g/mol. The first kappa shape index (κ1) is 12.0. The number of nitrogens with one attached hydrogen (secondary N) is 1. The first-order chi connectivity index (χ1) is 8.29. The molecule has 17 heavy (non-hydrogen) atoms. The molecule has 0 aliphatic rings. The third-order valence-electron chi connectivity index (χ3n) is 2.47. The second-order valence-corrected chi connectivity index (χ2v) is 4.61. The Bertz CT molecular complexity index is 484. The summed E-state index contributed by atoms with van der Waals surface area (Å²) >= 11 is 1.68. The first-order valence-electron chi connectivity index (χ1n) is 5.38. The summed E-state index contributed by atoms with van der Waals surface area (Å²) in [6.45, 7) is 3.68. The molecular weight excluding hydrogens is 234 g/mol. The monoisotopic (exact) mass is 249 g/mol. The van der Waals surface area contributed by atoms with Crippen LogP contribution in [0.15, 0.2) is 23.8 Å². The highest BCUT2D eigenvalue weighted by Gasteiger charge is 2.01. The Morgan fingerprint density at radius 1 is 1.35 bits per heavy atom. The lowest BCUT2D eigenvalue weighted by Gasteiger charge is -2.05. The van der Waals surface area contributed by atoms with E-state index >= 15 is 0 Å². The van der Waals surface area contributed by atoms with Gasteiger partial charge in [-0.05, 0) is 18.6 Å². The average Bonchev–Trinajstić information content (AvgIpc) is 2.76. The molecular formula is C12H15N3OS. The third kappa shape index (κ3) is 3.25. The molecule has 2 aromatic rings. The second-order valence-electron chi connectivity index (χ2n) is 3.67. The van der Waals surface area contributed by atoms with Crippen LogP contribution in [0.1, 0.15) is 16.1 Å². The lowest BCUT2D eigenvalue weighted by Crippen LogP contribution is -2.12. The van der Waals surface area contributed by atoms with E-state index in [1.165, 1.54) is 10.4 Å². The smallest absolute Gasteiger partial charge is 0.213 e. The third-order valence-corrected chi connectivity index (χ3v) is 3.40. The minimum Gasteiger partial charge on any atom is -0.481 e. The predicted molar refractivity (Wildman–Crippen MR) is 68.2 cm³/mol. The van der Waals surface area contributed by atoms with Crippen molar-refractivity contribution in [3.05, 3.63) is 40.0 Å². The molecule has 0 fully saturated rings. The number of nitrogens with zero attached hydrogens (tertiary/aromatic N) is 2. The number of aromatic nitrogens is 2. The minimum absolute atomic E-state index is 0.651. The Morgan fingerprint density at radius 3 is 2.94 bits per heavy atom. The van der Waals surface area contributed by atoms with Crippen molar-refractivity contribution in [3.63, 3.8) is 0 Å². The van der Waals surface area contributed by atoms with Crippen molar-refractivity contribution in [2.45, 2.75) is 20.0 Å². The SMILES string of the molecule is COc1cc(CNCc2scnc2C)ccn1. The van der Waals surface area contributed by atoms with Crippen LogP contribution < -0.4 is 10.1 Å². The molecule has 4 nitrogen and oxygen atoms in total. The van der Waals surface area contributed by atoms with E-state index in [9.17, 15) is 0 Å². The van der Waals surface area contributed by atoms with Gasteiger partial charge in [-0.3, -0.25) is 0 Å².